The normalized spacial score (nSPS) is 12.9. The lowest BCUT2D eigenvalue weighted by Crippen LogP contribution is -2.10. The first-order valence-electron chi connectivity index (χ1n) is 3.92. The van der Waals surface area contributed by atoms with E-state index in [1.54, 1.807) is 6.07 Å². The first-order valence-corrected chi connectivity index (χ1v) is 3.92. The second kappa shape index (κ2) is 3.12. The van der Waals surface area contributed by atoms with Crippen molar-refractivity contribution in [2.75, 3.05) is 0 Å². The van der Waals surface area contributed by atoms with Crippen LogP contribution in [-0.4, -0.2) is 21.2 Å². The zero-order chi connectivity index (χ0) is 10.1. The zero-order valence-corrected chi connectivity index (χ0v) is 7.04. The highest BCUT2D eigenvalue weighted by molar-refractivity contribution is 5.78. The average Bonchev–Trinajstić information content (AvgIpc) is 2.62. The minimum atomic E-state index is -1.52. The molecule has 72 valence electrons. The average molecular weight is 193 g/mol. The fourth-order valence-electron chi connectivity index (χ4n) is 1.19. The van der Waals surface area contributed by atoms with Gasteiger partial charge in [0.05, 0.1) is 0 Å². The second-order valence-corrected chi connectivity index (χ2v) is 2.82. The number of nitrogens with zero attached hydrogens (tertiary/aromatic N) is 1. The van der Waals surface area contributed by atoms with Gasteiger partial charge >= 0.3 is 5.97 Å². The van der Waals surface area contributed by atoms with Crippen LogP contribution >= 0.6 is 0 Å². The first-order chi connectivity index (χ1) is 6.68. The van der Waals surface area contributed by atoms with Gasteiger partial charge in [-0.25, -0.2) is 9.78 Å². The highest BCUT2D eigenvalue weighted by Gasteiger charge is 2.16. The van der Waals surface area contributed by atoms with Crippen LogP contribution in [0.4, 0.5) is 0 Å². The molecule has 0 saturated carbocycles. The number of carbonyl (C=O) groups is 1. The van der Waals surface area contributed by atoms with E-state index in [9.17, 15) is 9.90 Å². The van der Waals surface area contributed by atoms with Gasteiger partial charge in [-0.15, -0.1) is 0 Å². The van der Waals surface area contributed by atoms with E-state index in [0.29, 0.717) is 16.7 Å². The van der Waals surface area contributed by atoms with Crippen molar-refractivity contribution in [2.45, 2.75) is 6.10 Å². The van der Waals surface area contributed by atoms with Gasteiger partial charge in [-0.3, -0.25) is 0 Å². The van der Waals surface area contributed by atoms with Crippen LogP contribution in [0, 0.1) is 0 Å². The molecule has 2 rings (SSSR count). The summed E-state index contributed by atoms with van der Waals surface area (Å²) in [7, 11) is 0. The molecule has 0 fully saturated rings. The number of hydrogen-bond acceptors (Lipinski definition) is 4. The van der Waals surface area contributed by atoms with Crippen molar-refractivity contribution in [3.8, 4) is 0 Å². The van der Waals surface area contributed by atoms with E-state index in [-0.39, 0.29) is 0 Å². The Morgan fingerprint density at radius 1 is 1.50 bits per heavy atom. The standard InChI is InChI=1S/C9H7NO4/c11-8(9(12)13)5-1-2-7-6(3-5)10-4-14-7/h1-4,8,11H,(H,12,13). The summed E-state index contributed by atoms with van der Waals surface area (Å²) < 4.78 is 4.97. The molecular formula is C9H7NO4. The van der Waals surface area contributed by atoms with Gasteiger partial charge < -0.3 is 14.6 Å². The summed E-state index contributed by atoms with van der Waals surface area (Å²) in [5, 5.41) is 17.8. The summed E-state index contributed by atoms with van der Waals surface area (Å²) >= 11 is 0. The number of benzene rings is 1. The van der Waals surface area contributed by atoms with Gasteiger partial charge in [-0.05, 0) is 17.7 Å². The van der Waals surface area contributed by atoms with Gasteiger partial charge in [0.1, 0.15) is 5.52 Å². The van der Waals surface area contributed by atoms with Crippen LogP contribution in [0.2, 0.25) is 0 Å². The smallest absolute Gasteiger partial charge is 0.337 e. The maximum Gasteiger partial charge on any atom is 0.337 e. The minimum Gasteiger partial charge on any atom is -0.479 e. The molecule has 1 aromatic heterocycles. The Bertz CT molecular complexity index is 476. The molecule has 1 aromatic carbocycles. The quantitative estimate of drug-likeness (QED) is 0.741. The zero-order valence-electron chi connectivity index (χ0n) is 7.04. The number of aliphatic hydroxyl groups excluding tert-OH is 1. The van der Waals surface area contributed by atoms with Crippen molar-refractivity contribution in [1.82, 2.24) is 4.98 Å². The highest BCUT2D eigenvalue weighted by Crippen LogP contribution is 2.19. The molecule has 0 spiro atoms. The Hall–Kier alpha value is -1.88. The summed E-state index contributed by atoms with van der Waals surface area (Å²) in [5.41, 5.74) is 1.38. The van der Waals surface area contributed by atoms with E-state index in [1.807, 2.05) is 0 Å². The third-order valence-corrected chi connectivity index (χ3v) is 1.90. The summed E-state index contributed by atoms with van der Waals surface area (Å²) in [6.45, 7) is 0. The number of fused-ring (bicyclic) bond motifs is 1. The van der Waals surface area contributed by atoms with Crippen LogP contribution < -0.4 is 0 Å². The Morgan fingerprint density at radius 3 is 3.00 bits per heavy atom. The van der Waals surface area contributed by atoms with Crippen LogP contribution in [-0.2, 0) is 4.79 Å². The van der Waals surface area contributed by atoms with E-state index in [2.05, 4.69) is 4.98 Å². The third kappa shape index (κ3) is 1.33. The molecule has 0 radical (unpaired) electrons. The fourth-order valence-corrected chi connectivity index (χ4v) is 1.19. The second-order valence-electron chi connectivity index (χ2n) is 2.82. The SMILES string of the molecule is O=C(O)C(O)c1ccc2ocnc2c1. The number of carboxylic acids is 1. The Balaban J connectivity index is 2.48. The molecule has 0 aliphatic heterocycles. The highest BCUT2D eigenvalue weighted by atomic mass is 16.4. The van der Waals surface area contributed by atoms with Crippen molar-refractivity contribution in [2.24, 2.45) is 0 Å². The lowest BCUT2D eigenvalue weighted by atomic mass is 10.1. The Morgan fingerprint density at radius 2 is 2.29 bits per heavy atom. The molecule has 1 unspecified atom stereocenters. The number of aliphatic hydroxyl groups is 1. The largest absolute Gasteiger partial charge is 0.479 e. The monoisotopic (exact) mass is 193 g/mol. The van der Waals surface area contributed by atoms with Crippen molar-refractivity contribution in [3.63, 3.8) is 0 Å². The number of hydrogen-bond donors (Lipinski definition) is 2. The van der Waals surface area contributed by atoms with Crippen molar-refractivity contribution in [1.29, 1.82) is 0 Å². The molecule has 2 N–H and O–H groups in total. The van der Waals surface area contributed by atoms with E-state index in [4.69, 9.17) is 9.52 Å². The summed E-state index contributed by atoms with van der Waals surface area (Å²) in [4.78, 5) is 14.3. The molecule has 2 aromatic rings. The molecule has 0 aliphatic rings. The van der Waals surface area contributed by atoms with Crippen molar-refractivity contribution in [3.05, 3.63) is 30.2 Å². The number of oxazole rings is 1. The molecule has 14 heavy (non-hydrogen) atoms. The third-order valence-electron chi connectivity index (χ3n) is 1.90. The van der Waals surface area contributed by atoms with Gasteiger partial charge in [-0.1, -0.05) is 6.07 Å². The molecule has 1 atom stereocenters. The van der Waals surface area contributed by atoms with Crippen LogP contribution in [0.25, 0.3) is 11.1 Å². The van der Waals surface area contributed by atoms with Crippen LogP contribution in [0.3, 0.4) is 0 Å². The van der Waals surface area contributed by atoms with Crippen molar-refractivity contribution < 1.29 is 19.4 Å². The maximum absolute atomic E-state index is 10.5. The summed E-state index contributed by atoms with van der Waals surface area (Å²) in [6.07, 6.45) is -0.252. The Kier molecular flexibility index (Phi) is 1.94. The van der Waals surface area contributed by atoms with Gasteiger partial charge in [0.2, 0.25) is 0 Å². The van der Waals surface area contributed by atoms with Gasteiger partial charge in [0.15, 0.2) is 18.1 Å². The predicted octanol–water partition coefficient (Wildman–Crippen LogP) is 0.946. The molecule has 1 heterocycles. The minimum absolute atomic E-state index is 0.291. The lowest BCUT2D eigenvalue weighted by Gasteiger charge is -2.04. The van der Waals surface area contributed by atoms with E-state index < -0.39 is 12.1 Å². The molecule has 5 nitrogen and oxygen atoms in total. The van der Waals surface area contributed by atoms with Crippen LogP contribution in [0.15, 0.2) is 29.0 Å². The van der Waals surface area contributed by atoms with Gasteiger partial charge in [-0.2, -0.15) is 0 Å². The molecule has 0 aliphatic carbocycles. The van der Waals surface area contributed by atoms with Crippen molar-refractivity contribution >= 4 is 17.1 Å². The maximum atomic E-state index is 10.5. The molecule has 0 bridgehead atoms. The molecule has 0 amide bonds. The van der Waals surface area contributed by atoms with Crippen LogP contribution in [0.5, 0.6) is 0 Å². The van der Waals surface area contributed by atoms with E-state index in [1.165, 1.54) is 18.5 Å². The van der Waals surface area contributed by atoms with E-state index >= 15 is 0 Å². The fraction of sp³-hybridized carbons (Fsp3) is 0.111. The summed E-state index contributed by atoms with van der Waals surface area (Å²) in [6, 6.07) is 4.55. The Labute approximate surface area is 78.6 Å². The lowest BCUT2D eigenvalue weighted by molar-refractivity contribution is -0.146. The number of aromatic nitrogens is 1. The number of carboxylic acid groups (broad SMARTS) is 1. The summed E-state index contributed by atoms with van der Waals surface area (Å²) in [5.74, 6) is -1.28. The topological polar surface area (TPSA) is 83.6 Å². The van der Waals surface area contributed by atoms with Gasteiger partial charge in [0.25, 0.3) is 0 Å². The molecule has 0 saturated heterocycles. The predicted molar refractivity (Wildman–Crippen MR) is 46.6 cm³/mol. The van der Waals surface area contributed by atoms with Gasteiger partial charge in [0, 0.05) is 0 Å². The number of aliphatic carboxylic acids is 1. The van der Waals surface area contributed by atoms with Crippen LogP contribution in [0.1, 0.15) is 11.7 Å². The number of rotatable bonds is 2. The molecule has 5 heteroatoms. The van der Waals surface area contributed by atoms with E-state index in [0.717, 1.165) is 0 Å². The first kappa shape index (κ1) is 8.71. The molecular weight excluding hydrogens is 186 g/mol.